The van der Waals surface area contributed by atoms with E-state index in [4.69, 9.17) is 27.9 Å². The summed E-state index contributed by atoms with van der Waals surface area (Å²) >= 11 is 12.3. The number of methoxy groups -OCH3 is 1. The molecule has 1 aliphatic rings. The molecule has 0 spiro atoms. The number of hydrogen-bond donors (Lipinski definition) is 0. The molecule has 2 heterocycles. The maximum Gasteiger partial charge on any atom is 0.340 e. The molecule has 1 aliphatic heterocycles. The zero-order chi connectivity index (χ0) is 24.6. The van der Waals surface area contributed by atoms with Crippen molar-refractivity contribution in [2.75, 3.05) is 7.11 Å². The predicted molar refractivity (Wildman–Crippen MR) is 135 cm³/mol. The minimum atomic E-state index is -0.536. The van der Waals surface area contributed by atoms with Crippen molar-refractivity contribution in [1.29, 1.82) is 0 Å². The van der Waals surface area contributed by atoms with Gasteiger partial charge in [-0.1, -0.05) is 53.5 Å². The van der Waals surface area contributed by atoms with Gasteiger partial charge in [-0.15, -0.1) is 0 Å². The molecule has 7 heteroatoms. The first-order valence-corrected chi connectivity index (χ1v) is 11.5. The zero-order valence-electron chi connectivity index (χ0n) is 19.4. The van der Waals surface area contributed by atoms with E-state index in [0.29, 0.717) is 27.9 Å². The van der Waals surface area contributed by atoms with Gasteiger partial charge in [0.15, 0.2) is 0 Å². The number of amides is 1. The highest BCUT2D eigenvalue weighted by Crippen LogP contribution is 2.34. The molecule has 1 aromatic heterocycles. The number of carbonyl (C=O) groups excluding carboxylic acids is 2. The second kappa shape index (κ2) is 9.53. The third-order valence-corrected chi connectivity index (χ3v) is 6.76. The summed E-state index contributed by atoms with van der Waals surface area (Å²) in [6.45, 7) is 6.06. The number of rotatable bonds is 5. The van der Waals surface area contributed by atoms with Crippen LogP contribution in [0.2, 0.25) is 10.0 Å². The Bertz CT molecular complexity index is 1350. The van der Waals surface area contributed by atoms with Crippen molar-refractivity contribution in [2.24, 2.45) is 0 Å². The Morgan fingerprint density at radius 3 is 2.35 bits per heavy atom. The molecule has 174 valence electrons. The van der Waals surface area contributed by atoms with Gasteiger partial charge < -0.3 is 14.2 Å². The summed E-state index contributed by atoms with van der Waals surface area (Å²) in [4.78, 5) is 27.8. The van der Waals surface area contributed by atoms with Gasteiger partial charge in [0.25, 0.3) is 5.91 Å². The molecule has 0 saturated heterocycles. The monoisotopic (exact) mass is 494 g/mol. The number of nitrogens with zero attached hydrogens (tertiary/aromatic N) is 2. The number of ether oxygens (including phenoxy) is 1. The van der Waals surface area contributed by atoms with Gasteiger partial charge in [0.1, 0.15) is 0 Å². The van der Waals surface area contributed by atoms with Crippen molar-refractivity contribution in [1.82, 2.24) is 9.47 Å². The van der Waals surface area contributed by atoms with E-state index in [9.17, 15) is 9.59 Å². The molecule has 0 fully saturated rings. The van der Waals surface area contributed by atoms with Gasteiger partial charge in [-0.2, -0.15) is 0 Å². The number of hydrogen-bond acceptors (Lipinski definition) is 3. The zero-order valence-corrected chi connectivity index (χ0v) is 20.9. The van der Waals surface area contributed by atoms with Crippen LogP contribution >= 0.6 is 23.2 Å². The van der Waals surface area contributed by atoms with Crippen LogP contribution in [0.5, 0.6) is 0 Å². The maximum atomic E-state index is 13.5. The highest BCUT2D eigenvalue weighted by molar-refractivity contribution is 6.42. The lowest BCUT2D eigenvalue weighted by atomic mass is 10.0. The number of esters is 1. The lowest BCUT2D eigenvalue weighted by Gasteiger charge is -2.17. The average molecular weight is 495 g/mol. The van der Waals surface area contributed by atoms with Gasteiger partial charge >= 0.3 is 5.97 Å². The summed E-state index contributed by atoms with van der Waals surface area (Å²) in [5.74, 6) is -0.771. The minimum Gasteiger partial charge on any atom is -0.465 e. The first kappa shape index (κ1) is 23.9. The SMILES string of the molecule is COC(=O)C1=C(C)N(Cc2ccccc2)C(=O)C1=Cc1cc(C)n(-c2ccc(Cl)c(Cl)c2)c1C. The maximum absolute atomic E-state index is 13.5. The molecule has 0 radical (unpaired) electrons. The van der Waals surface area contributed by atoms with E-state index in [1.807, 2.05) is 60.9 Å². The van der Waals surface area contributed by atoms with Gasteiger partial charge in [0.05, 0.1) is 34.8 Å². The van der Waals surface area contributed by atoms with Gasteiger partial charge in [-0.05, 0) is 62.2 Å². The van der Waals surface area contributed by atoms with Crippen LogP contribution in [-0.2, 0) is 20.9 Å². The first-order valence-electron chi connectivity index (χ1n) is 10.7. The highest BCUT2D eigenvalue weighted by Gasteiger charge is 2.37. The fourth-order valence-corrected chi connectivity index (χ4v) is 4.59. The van der Waals surface area contributed by atoms with Gasteiger partial charge in [-0.3, -0.25) is 4.79 Å². The molecular weight excluding hydrogens is 471 g/mol. The van der Waals surface area contributed by atoms with Crippen molar-refractivity contribution in [3.05, 3.63) is 104 Å². The van der Waals surface area contributed by atoms with Crippen LogP contribution in [0.25, 0.3) is 11.8 Å². The van der Waals surface area contributed by atoms with Crippen molar-refractivity contribution >= 4 is 41.2 Å². The Kier molecular flexibility index (Phi) is 6.69. The lowest BCUT2D eigenvalue weighted by molar-refractivity contribution is -0.136. The predicted octanol–water partition coefficient (Wildman–Crippen LogP) is 6.27. The standard InChI is InChI=1S/C27H24Cl2N2O3/c1-16-12-20(17(2)31(16)21-10-11-23(28)24(29)14-21)13-22-25(27(33)34-4)18(3)30(26(22)32)15-19-8-6-5-7-9-19/h5-14H,15H2,1-4H3. The van der Waals surface area contributed by atoms with Crippen LogP contribution < -0.4 is 0 Å². The second-order valence-corrected chi connectivity index (χ2v) is 8.96. The summed E-state index contributed by atoms with van der Waals surface area (Å²) in [5, 5.41) is 0.939. The van der Waals surface area contributed by atoms with E-state index in [1.165, 1.54) is 7.11 Å². The fourth-order valence-electron chi connectivity index (χ4n) is 4.30. The Labute approximate surface area is 208 Å². The summed E-state index contributed by atoms with van der Waals surface area (Å²) in [7, 11) is 1.32. The molecule has 3 aromatic rings. The molecule has 0 saturated carbocycles. The molecule has 1 amide bonds. The van der Waals surface area contributed by atoms with Crippen LogP contribution in [0.3, 0.4) is 0 Å². The van der Waals surface area contributed by atoms with Crippen molar-refractivity contribution in [2.45, 2.75) is 27.3 Å². The lowest BCUT2D eigenvalue weighted by Crippen LogP contribution is -2.24. The van der Waals surface area contributed by atoms with Crippen LogP contribution in [-0.4, -0.2) is 28.5 Å². The molecule has 34 heavy (non-hydrogen) atoms. The topological polar surface area (TPSA) is 51.5 Å². The third kappa shape index (κ3) is 4.29. The van der Waals surface area contributed by atoms with Gasteiger partial charge in [0, 0.05) is 22.8 Å². The number of aryl methyl sites for hydroxylation is 1. The second-order valence-electron chi connectivity index (χ2n) is 8.15. The average Bonchev–Trinajstić information content (AvgIpc) is 3.23. The van der Waals surface area contributed by atoms with Crippen LogP contribution in [0.1, 0.15) is 29.4 Å². The van der Waals surface area contributed by atoms with Gasteiger partial charge in [0.2, 0.25) is 0 Å². The van der Waals surface area contributed by atoms with E-state index in [-0.39, 0.29) is 11.5 Å². The van der Waals surface area contributed by atoms with E-state index in [0.717, 1.165) is 28.2 Å². The molecule has 0 bridgehead atoms. The van der Waals surface area contributed by atoms with Crippen LogP contribution in [0.15, 0.2) is 71.4 Å². The Hall–Kier alpha value is -3.28. The Morgan fingerprint density at radius 1 is 1.00 bits per heavy atom. The third-order valence-electron chi connectivity index (χ3n) is 6.02. The minimum absolute atomic E-state index is 0.235. The summed E-state index contributed by atoms with van der Waals surface area (Å²) in [5.41, 5.74) is 5.68. The normalized spacial score (nSPS) is 14.9. The molecular formula is C27H24Cl2N2O3. The fraction of sp³-hybridized carbons (Fsp3) is 0.185. The smallest absolute Gasteiger partial charge is 0.340 e. The van der Waals surface area contributed by atoms with E-state index in [2.05, 4.69) is 0 Å². The molecule has 0 aliphatic carbocycles. The quantitative estimate of drug-likeness (QED) is 0.310. The van der Waals surface area contributed by atoms with E-state index in [1.54, 1.807) is 30.0 Å². The number of halogens is 2. The summed E-state index contributed by atoms with van der Waals surface area (Å²) < 4.78 is 7.06. The Morgan fingerprint density at radius 2 is 1.71 bits per heavy atom. The van der Waals surface area contributed by atoms with Crippen LogP contribution in [0, 0.1) is 13.8 Å². The van der Waals surface area contributed by atoms with Crippen molar-refractivity contribution < 1.29 is 14.3 Å². The number of aromatic nitrogens is 1. The largest absolute Gasteiger partial charge is 0.465 e. The number of allylic oxidation sites excluding steroid dienone is 1. The number of benzene rings is 2. The molecule has 0 unspecified atom stereocenters. The summed E-state index contributed by atoms with van der Waals surface area (Å²) in [6, 6.07) is 17.1. The van der Waals surface area contributed by atoms with Gasteiger partial charge in [-0.25, -0.2) is 4.79 Å². The Balaban J connectivity index is 1.79. The molecule has 0 N–H and O–H groups in total. The first-order chi connectivity index (χ1) is 16.2. The van der Waals surface area contributed by atoms with E-state index >= 15 is 0 Å². The van der Waals surface area contributed by atoms with Crippen molar-refractivity contribution in [3.8, 4) is 5.69 Å². The van der Waals surface area contributed by atoms with E-state index < -0.39 is 5.97 Å². The number of carbonyl (C=O) groups is 2. The van der Waals surface area contributed by atoms with Crippen LogP contribution in [0.4, 0.5) is 0 Å². The van der Waals surface area contributed by atoms with Crippen molar-refractivity contribution in [3.63, 3.8) is 0 Å². The molecule has 2 aromatic carbocycles. The molecule has 0 atom stereocenters. The highest BCUT2D eigenvalue weighted by atomic mass is 35.5. The summed E-state index contributed by atoms with van der Waals surface area (Å²) in [6.07, 6.45) is 1.76. The molecule has 4 rings (SSSR count). The molecule has 5 nitrogen and oxygen atoms in total.